The fraction of sp³-hybridized carbons (Fsp3) is 0.375. The lowest BCUT2D eigenvalue weighted by Gasteiger charge is -2.02. The third-order valence-corrected chi connectivity index (χ3v) is 1.94. The first-order valence-electron chi connectivity index (χ1n) is 3.58. The van der Waals surface area contributed by atoms with E-state index in [9.17, 15) is 4.39 Å². The highest BCUT2D eigenvalue weighted by Crippen LogP contribution is 2.20. The molecule has 0 bridgehead atoms. The Morgan fingerprint density at radius 3 is 3.09 bits per heavy atom. The molecule has 2 heterocycles. The monoisotopic (exact) mass is 152 g/mol. The lowest BCUT2D eigenvalue weighted by atomic mass is 10.2. The molecule has 0 fully saturated rings. The third kappa shape index (κ3) is 1.01. The quantitative estimate of drug-likeness (QED) is 0.554. The number of hydrogen-bond acceptors (Lipinski definition) is 2. The maximum absolute atomic E-state index is 13.0. The topological polar surface area (TPSA) is 16.1 Å². The SMILES string of the molecule is CN1Cc2nccc(F)c2C1. The van der Waals surface area contributed by atoms with E-state index in [2.05, 4.69) is 4.98 Å². The van der Waals surface area contributed by atoms with Crippen molar-refractivity contribution in [3.05, 3.63) is 29.3 Å². The van der Waals surface area contributed by atoms with Crippen LogP contribution in [-0.4, -0.2) is 16.9 Å². The van der Waals surface area contributed by atoms with Gasteiger partial charge in [-0.2, -0.15) is 0 Å². The molecule has 0 radical (unpaired) electrons. The van der Waals surface area contributed by atoms with Crippen molar-refractivity contribution in [3.8, 4) is 0 Å². The number of aromatic nitrogens is 1. The second-order valence-corrected chi connectivity index (χ2v) is 2.89. The molecule has 2 nitrogen and oxygen atoms in total. The van der Waals surface area contributed by atoms with Crippen molar-refractivity contribution >= 4 is 0 Å². The molecule has 0 saturated carbocycles. The zero-order valence-corrected chi connectivity index (χ0v) is 6.34. The first-order chi connectivity index (χ1) is 5.27. The van der Waals surface area contributed by atoms with Crippen LogP contribution < -0.4 is 0 Å². The highest BCUT2D eigenvalue weighted by Gasteiger charge is 2.19. The van der Waals surface area contributed by atoms with Crippen LogP contribution in [0.3, 0.4) is 0 Å². The molecular formula is C8H9FN2. The van der Waals surface area contributed by atoms with Gasteiger partial charge in [-0.25, -0.2) is 4.39 Å². The summed E-state index contributed by atoms with van der Waals surface area (Å²) in [5, 5.41) is 0. The summed E-state index contributed by atoms with van der Waals surface area (Å²) in [6.45, 7) is 1.46. The second-order valence-electron chi connectivity index (χ2n) is 2.89. The van der Waals surface area contributed by atoms with Gasteiger partial charge in [-0.1, -0.05) is 0 Å². The van der Waals surface area contributed by atoms with Crippen molar-refractivity contribution in [1.29, 1.82) is 0 Å². The first-order valence-corrected chi connectivity index (χ1v) is 3.58. The molecular weight excluding hydrogens is 143 g/mol. The van der Waals surface area contributed by atoms with Crippen molar-refractivity contribution in [2.75, 3.05) is 7.05 Å². The Morgan fingerprint density at radius 1 is 1.55 bits per heavy atom. The summed E-state index contributed by atoms with van der Waals surface area (Å²) in [4.78, 5) is 6.13. The van der Waals surface area contributed by atoms with Crippen LogP contribution in [0.1, 0.15) is 11.3 Å². The van der Waals surface area contributed by atoms with Crippen LogP contribution in [0.25, 0.3) is 0 Å². The predicted octanol–water partition coefficient (Wildman–Crippen LogP) is 1.17. The van der Waals surface area contributed by atoms with Crippen molar-refractivity contribution in [3.63, 3.8) is 0 Å². The van der Waals surface area contributed by atoms with Gasteiger partial charge in [-0.3, -0.25) is 9.88 Å². The first kappa shape index (κ1) is 6.73. The summed E-state index contributed by atoms with van der Waals surface area (Å²) in [6.07, 6.45) is 1.52. The molecule has 1 aromatic heterocycles. The largest absolute Gasteiger partial charge is 0.296 e. The molecule has 58 valence electrons. The smallest absolute Gasteiger partial charge is 0.131 e. The molecule has 0 N–H and O–H groups in total. The van der Waals surface area contributed by atoms with Gasteiger partial charge in [0.2, 0.25) is 0 Å². The van der Waals surface area contributed by atoms with E-state index in [-0.39, 0.29) is 5.82 Å². The Labute approximate surface area is 64.7 Å². The molecule has 11 heavy (non-hydrogen) atoms. The van der Waals surface area contributed by atoms with E-state index in [4.69, 9.17) is 0 Å². The summed E-state index contributed by atoms with van der Waals surface area (Å²) >= 11 is 0. The van der Waals surface area contributed by atoms with Gasteiger partial charge < -0.3 is 0 Å². The van der Waals surface area contributed by atoms with Crippen molar-refractivity contribution in [2.45, 2.75) is 13.1 Å². The summed E-state index contributed by atoms with van der Waals surface area (Å²) < 4.78 is 13.0. The second kappa shape index (κ2) is 2.27. The average molecular weight is 152 g/mol. The van der Waals surface area contributed by atoms with Crippen LogP contribution in [0.5, 0.6) is 0 Å². The molecule has 0 spiro atoms. The average Bonchev–Trinajstić information content (AvgIpc) is 2.31. The number of fused-ring (bicyclic) bond motifs is 1. The Hall–Kier alpha value is -0.960. The third-order valence-electron chi connectivity index (χ3n) is 1.94. The zero-order chi connectivity index (χ0) is 7.84. The summed E-state index contributed by atoms with van der Waals surface area (Å²) in [5.74, 6) is -0.126. The Morgan fingerprint density at radius 2 is 2.36 bits per heavy atom. The normalized spacial score (nSPS) is 16.9. The van der Waals surface area contributed by atoms with E-state index in [1.807, 2.05) is 11.9 Å². The molecule has 0 amide bonds. The molecule has 0 aliphatic carbocycles. The lowest BCUT2D eigenvalue weighted by Crippen LogP contribution is -2.07. The molecule has 1 aromatic rings. The van der Waals surface area contributed by atoms with Gasteiger partial charge in [-0.05, 0) is 13.1 Å². The van der Waals surface area contributed by atoms with Crippen LogP contribution >= 0.6 is 0 Å². The predicted molar refractivity (Wildman–Crippen MR) is 39.4 cm³/mol. The Balaban J connectivity index is 2.49. The molecule has 2 rings (SSSR count). The van der Waals surface area contributed by atoms with E-state index in [1.165, 1.54) is 12.3 Å². The molecule has 3 heteroatoms. The minimum atomic E-state index is -0.126. The van der Waals surface area contributed by atoms with Crippen LogP contribution in [0.2, 0.25) is 0 Å². The van der Waals surface area contributed by atoms with Crippen molar-refractivity contribution in [2.24, 2.45) is 0 Å². The Bertz CT molecular complexity index is 285. The summed E-state index contributed by atoms with van der Waals surface area (Å²) in [6, 6.07) is 1.41. The van der Waals surface area contributed by atoms with Crippen molar-refractivity contribution < 1.29 is 4.39 Å². The number of nitrogens with zero attached hydrogens (tertiary/aromatic N) is 2. The van der Waals surface area contributed by atoms with Crippen LogP contribution in [0.4, 0.5) is 4.39 Å². The molecule has 0 saturated heterocycles. The maximum Gasteiger partial charge on any atom is 0.131 e. The maximum atomic E-state index is 13.0. The number of pyridine rings is 1. The summed E-state index contributed by atoms with van der Waals surface area (Å²) in [5.41, 5.74) is 1.64. The molecule has 1 aliphatic heterocycles. The highest BCUT2D eigenvalue weighted by atomic mass is 19.1. The van der Waals surface area contributed by atoms with Crippen LogP contribution in [0, 0.1) is 5.82 Å². The van der Waals surface area contributed by atoms with Gasteiger partial charge in [0.1, 0.15) is 5.82 Å². The van der Waals surface area contributed by atoms with Gasteiger partial charge in [0.05, 0.1) is 5.69 Å². The zero-order valence-electron chi connectivity index (χ0n) is 6.34. The molecule has 0 aromatic carbocycles. The van der Waals surface area contributed by atoms with Crippen LogP contribution in [0.15, 0.2) is 12.3 Å². The van der Waals surface area contributed by atoms with Gasteiger partial charge in [0, 0.05) is 24.8 Å². The Kier molecular flexibility index (Phi) is 1.39. The van der Waals surface area contributed by atoms with E-state index in [1.54, 1.807) is 0 Å². The number of hydrogen-bond donors (Lipinski definition) is 0. The molecule has 1 aliphatic rings. The van der Waals surface area contributed by atoms with E-state index < -0.39 is 0 Å². The minimum Gasteiger partial charge on any atom is -0.296 e. The highest BCUT2D eigenvalue weighted by molar-refractivity contribution is 5.24. The fourth-order valence-corrected chi connectivity index (χ4v) is 1.39. The van der Waals surface area contributed by atoms with E-state index in [0.717, 1.165) is 17.8 Å². The van der Waals surface area contributed by atoms with Gasteiger partial charge in [0.15, 0.2) is 0 Å². The van der Waals surface area contributed by atoms with E-state index in [0.29, 0.717) is 6.54 Å². The van der Waals surface area contributed by atoms with E-state index >= 15 is 0 Å². The van der Waals surface area contributed by atoms with Crippen LogP contribution in [-0.2, 0) is 13.1 Å². The summed E-state index contributed by atoms with van der Waals surface area (Å²) in [7, 11) is 1.96. The standard InChI is InChI=1S/C8H9FN2/c1-11-4-6-7(9)2-3-10-8(6)5-11/h2-3H,4-5H2,1H3. The number of halogens is 1. The number of rotatable bonds is 0. The minimum absolute atomic E-state index is 0.126. The lowest BCUT2D eigenvalue weighted by molar-refractivity contribution is 0.348. The van der Waals surface area contributed by atoms with Gasteiger partial charge in [0.25, 0.3) is 0 Å². The van der Waals surface area contributed by atoms with Gasteiger partial charge >= 0.3 is 0 Å². The molecule has 0 atom stereocenters. The van der Waals surface area contributed by atoms with Gasteiger partial charge in [-0.15, -0.1) is 0 Å². The van der Waals surface area contributed by atoms with Crippen molar-refractivity contribution in [1.82, 2.24) is 9.88 Å². The fourth-order valence-electron chi connectivity index (χ4n) is 1.39. The molecule has 0 unspecified atom stereocenters.